The molecule has 3 nitrogen and oxygen atoms in total. The quantitative estimate of drug-likeness (QED) is 0.886. The number of benzene rings is 1. The molecule has 0 bridgehead atoms. The van der Waals surface area contributed by atoms with Crippen molar-refractivity contribution in [2.24, 2.45) is 0 Å². The summed E-state index contributed by atoms with van der Waals surface area (Å²) in [6.07, 6.45) is 3.93. The van der Waals surface area contributed by atoms with E-state index in [1.807, 2.05) is 24.3 Å². The number of nitrogens with one attached hydrogen (secondary N) is 1. The molecule has 1 aliphatic carbocycles. The van der Waals surface area contributed by atoms with Crippen LogP contribution in [-0.4, -0.2) is 22.2 Å². The Kier molecular flexibility index (Phi) is 3.71. The van der Waals surface area contributed by atoms with Gasteiger partial charge in [0.25, 0.3) is 0 Å². The van der Waals surface area contributed by atoms with Crippen molar-refractivity contribution in [3.8, 4) is 0 Å². The SMILES string of the molecule is O[C@H]1CCCC[C@@H]1Nc1ccc2cccc(Br)c2n1. The molecular weight excluding hydrogens is 304 g/mol. The summed E-state index contributed by atoms with van der Waals surface area (Å²) in [7, 11) is 0. The number of nitrogens with zero attached hydrogens (tertiary/aromatic N) is 1. The van der Waals surface area contributed by atoms with Gasteiger partial charge >= 0.3 is 0 Å². The zero-order valence-electron chi connectivity index (χ0n) is 10.6. The van der Waals surface area contributed by atoms with Gasteiger partial charge in [0.05, 0.1) is 17.7 Å². The highest BCUT2D eigenvalue weighted by Crippen LogP contribution is 2.25. The third kappa shape index (κ3) is 2.74. The van der Waals surface area contributed by atoms with Gasteiger partial charge in [0.1, 0.15) is 5.82 Å². The summed E-state index contributed by atoms with van der Waals surface area (Å²) in [4.78, 5) is 4.63. The normalized spacial score (nSPS) is 23.5. The summed E-state index contributed by atoms with van der Waals surface area (Å²) >= 11 is 3.53. The van der Waals surface area contributed by atoms with Gasteiger partial charge in [-0.1, -0.05) is 25.0 Å². The highest BCUT2D eigenvalue weighted by Gasteiger charge is 2.23. The first-order valence-electron chi connectivity index (χ1n) is 6.74. The lowest BCUT2D eigenvalue weighted by atomic mass is 9.92. The highest BCUT2D eigenvalue weighted by atomic mass is 79.9. The molecular formula is C15H17BrN2O. The number of pyridine rings is 1. The predicted octanol–water partition coefficient (Wildman–Crippen LogP) is 3.71. The summed E-state index contributed by atoms with van der Waals surface area (Å²) in [6, 6.07) is 10.2. The molecule has 1 aromatic heterocycles. The van der Waals surface area contributed by atoms with Gasteiger partial charge in [-0.15, -0.1) is 0 Å². The molecule has 4 heteroatoms. The Labute approximate surface area is 121 Å². The van der Waals surface area contributed by atoms with Crippen molar-refractivity contribution in [3.05, 3.63) is 34.8 Å². The van der Waals surface area contributed by atoms with Crippen LogP contribution in [0.4, 0.5) is 5.82 Å². The van der Waals surface area contributed by atoms with E-state index in [0.29, 0.717) is 0 Å². The minimum absolute atomic E-state index is 0.126. The van der Waals surface area contributed by atoms with Crippen molar-refractivity contribution < 1.29 is 5.11 Å². The first-order valence-corrected chi connectivity index (χ1v) is 7.53. The minimum Gasteiger partial charge on any atom is -0.391 e. The number of para-hydroxylation sites is 1. The monoisotopic (exact) mass is 320 g/mol. The molecule has 1 fully saturated rings. The molecule has 3 rings (SSSR count). The van der Waals surface area contributed by atoms with E-state index in [9.17, 15) is 5.11 Å². The molecule has 0 aliphatic heterocycles. The fourth-order valence-electron chi connectivity index (χ4n) is 2.66. The third-order valence-corrected chi connectivity index (χ3v) is 4.37. The van der Waals surface area contributed by atoms with Crippen molar-refractivity contribution in [2.75, 3.05) is 5.32 Å². The first kappa shape index (κ1) is 12.9. The number of hydrogen-bond acceptors (Lipinski definition) is 3. The standard InChI is InChI=1S/C15H17BrN2O/c16-11-5-3-4-10-8-9-14(18-15(10)11)17-12-6-1-2-7-13(12)19/h3-5,8-9,12-13,19H,1-2,6-7H2,(H,17,18)/t12-,13-/m0/s1. The zero-order chi connectivity index (χ0) is 13.2. The lowest BCUT2D eigenvalue weighted by Crippen LogP contribution is -2.36. The van der Waals surface area contributed by atoms with Crippen LogP contribution in [0.25, 0.3) is 10.9 Å². The van der Waals surface area contributed by atoms with E-state index in [2.05, 4.69) is 32.3 Å². The fraction of sp³-hybridized carbons (Fsp3) is 0.400. The van der Waals surface area contributed by atoms with Gasteiger partial charge in [-0.2, -0.15) is 0 Å². The predicted molar refractivity (Wildman–Crippen MR) is 81.3 cm³/mol. The van der Waals surface area contributed by atoms with Crippen molar-refractivity contribution in [1.82, 2.24) is 4.98 Å². The van der Waals surface area contributed by atoms with Crippen LogP contribution >= 0.6 is 15.9 Å². The Morgan fingerprint density at radius 3 is 2.84 bits per heavy atom. The van der Waals surface area contributed by atoms with Crippen LogP contribution in [0.3, 0.4) is 0 Å². The first-order chi connectivity index (χ1) is 9.24. The molecule has 0 radical (unpaired) electrons. The minimum atomic E-state index is -0.259. The van der Waals surface area contributed by atoms with Gasteiger partial charge in [-0.3, -0.25) is 0 Å². The smallest absolute Gasteiger partial charge is 0.127 e. The maximum Gasteiger partial charge on any atom is 0.127 e. The van der Waals surface area contributed by atoms with E-state index < -0.39 is 0 Å². The van der Waals surface area contributed by atoms with Crippen LogP contribution in [0.2, 0.25) is 0 Å². The molecule has 2 atom stereocenters. The molecule has 2 aromatic rings. The van der Waals surface area contributed by atoms with Crippen LogP contribution in [0.15, 0.2) is 34.8 Å². The average molecular weight is 321 g/mol. The summed E-state index contributed by atoms with van der Waals surface area (Å²) in [5.74, 6) is 0.838. The number of aliphatic hydroxyl groups is 1. The Balaban J connectivity index is 1.86. The van der Waals surface area contributed by atoms with E-state index in [1.54, 1.807) is 0 Å². The van der Waals surface area contributed by atoms with E-state index in [4.69, 9.17) is 0 Å². The summed E-state index contributed by atoms with van der Waals surface area (Å²) in [5.41, 5.74) is 0.956. The second-order valence-corrected chi connectivity index (χ2v) is 5.97. The Morgan fingerprint density at radius 1 is 1.16 bits per heavy atom. The highest BCUT2D eigenvalue weighted by molar-refractivity contribution is 9.10. The lowest BCUT2D eigenvalue weighted by molar-refractivity contribution is 0.116. The average Bonchev–Trinajstić information content (AvgIpc) is 2.42. The van der Waals surface area contributed by atoms with Crippen molar-refractivity contribution in [2.45, 2.75) is 37.8 Å². The summed E-state index contributed by atoms with van der Waals surface area (Å²) in [6.45, 7) is 0. The van der Waals surface area contributed by atoms with Crippen LogP contribution in [0.5, 0.6) is 0 Å². The van der Waals surface area contributed by atoms with Crippen molar-refractivity contribution in [3.63, 3.8) is 0 Å². The molecule has 0 spiro atoms. The second kappa shape index (κ2) is 5.47. The third-order valence-electron chi connectivity index (χ3n) is 3.73. The molecule has 1 aliphatic rings. The van der Waals surface area contributed by atoms with Gasteiger partial charge < -0.3 is 10.4 Å². The van der Waals surface area contributed by atoms with Crippen LogP contribution in [-0.2, 0) is 0 Å². The molecule has 1 aromatic carbocycles. The van der Waals surface area contributed by atoms with Gasteiger partial charge in [-0.05, 0) is 47.0 Å². The number of aliphatic hydroxyl groups excluding tert-OH is 1. The Bertz CT molecular complexity index is 587. The molecule has 0 unspecified atom stereocenters. The number of hydrogen-bond donors (Lipinski definition) is 2. The van der Waals surface area contributed by atoms with Gasteiger partial charge in [-0.25, -0.2) is 4.98 Å². The number of rotatable bonds is 2. The number of anilines is 1. The Morgan fingerprint density at radius 2 is 2.00 bits per heavy atom. The largest absolute Gasteiger partial charge is 0.391 e. The van der Waals surface area contributed by atoms with Crippen molar-refractivity contribution >= 4 is 32.7 Å². The summed E-state index contributed by atoms with van der Waals surface area (Å²) in [5, 5.41) is 14.5. The molecule has 1 heterocycles. The fourth-order valence-corrected chi connectivity index (χ4v) is 3.13. The number of halogens is 1. The molecule has 0 amide bonds. The van der Waals surface area contributed by atoms with E-state index in [0.717, 1.165) is 40.5 Å². The van der Waals surface area contributed by atoms with Gasteiger partial charge in [0, 0.05) is 9.86 Å². The number of fused-ring (bicyclic) bond motifs is 1. The van der Waals surface area contributed by atoms with Gasteiger partial charge in [0.2, 0.25) is 0 Å². The number of aromatic nitrogens is 1. The topological polar surface area (TPSA) is 45.1 Å². The molecule has 100 valence electrons. The van der Waals surface area contributed by atoms with Gasteiger partial charge in [0.15, 0.2) is 0 Å². The Hall–Kier alpha value is -1.13. The van der Waals surface area contributed by atoms with Crippen molar-refractivity contribution in [1.29, 1.82) is 0 Å². The molecule has 0 saturated heterocycles. The lowest BCUT2D eigenvalue weighted by Gasteiger charge is -2.28. The molecule has 2 N–H and O–H groups in total. The molecule has 19 heavy (non-hydrogen) atoms. The maximum atomic E-state index is 10.00. The molecule has 1 saturated carbocycles. The zero-order valence-corrected chi connectivity index (χ0v) is 12.2. The second-order valence-electron chi connectivity index (χ2n) is 5.11. The van der Waals surface area contributed by atoms with Crippen LogP contribution < -0.4 is 5.32 Å². The van der Waals surface area contributed by atoms with Crippen LogP contribution in [0, 0.1) is 0 Å². The van der Waals surface area contributed by atoms with E-state index in [-0.39, 0.29) is 12.1 Å². The summed E-state index contributed by atoms with van der Waals surface area (Å²) < 4.78 is 0.998. The van der Waals surface area contributed by atoms with E-state index >= 15 is 0 Å². The van der Waals surface area contributed by atoms with Crippen LogP contribution in [0.1, 0.15) is 25.7 Å². The van der Waals surface area contributed by atoms with E-state index in [1.165, 1.54) is 6.42 Å². The maximum absolute atomic E-state index is 10.00.